The average molecular weight is 250 g/mol. The van der Waals surface area contributed by atoms with Crippen LogP contribution in [0.15, 0.2) is 18.2 Å². The van der Waals surface area contributed by atoms with E-state index in [-0.39, 0.29) is 5.82 Å². The molecule has 3 heteroatoms. The van der Waals surface area contributed by atoms with E-state index in [1.54, 1.807) is 6.07 Å². The zero-order valence-corrected chi connectivity index (χ0v) is 10.2. The molecule has 1 aromatic carbocycles. The molecular formula is C14H13ClFN. The van der Waals surface area contributed by atoms with Crippen LogP contribution in [0.25, 0.3) is 10.9 Å². The fourth-order valence-corrected chi connectivity index (χ4v) is 2.89. The number of nitrogens with zero attached hydrogens (tertiary/aromatic N) is 1. The predicted molar refractivity (Wildman–Crippen MR) is 68.0 cm³/mol. The van der Waals surface area contributed by atoms with Crippen LogP contribution in [0, 0.1) is 5.82 Å². The maximum Gasteiger partial charge on any atom is 0.149 e. The first kappa shape index (κ1) is 11.0. The number of pyridine rings is 1. The number of hydrogen-bond acceptors (Lipinski definition) is 1. The lowest BCUT2D eigenvalue weighted by molar-refractivity contribution is 0.636. The van der Waals surface area contributed by atoms with Gasteiger partial charge in [0.2, 0.25) is 0 Å². The summed E-state index contributed by atoms with van der Waals surface area (Å²) >= 11 is 6.40. The van der Waals surface area contributed by atoms with Crippen LogP contribution in [-0.2, 0) is 12.8 Å². The van der Waals surface area contributed by atoms with Crippen LogP contribution < -0.4 is 0 Å². The number of para-hydroxylation sites is 1. The molecule has 1 aliphatic rings. The number of aryl methyl sites for hydroxylation is 1. The van der Waals surface area contributed by atoms with E-state index in [0.717, 1.165) is 42.3 Å². The van der Waals surface area contributed by atoms with E-state index < -0.39 is 0 Å². The minimum Gasteiger partial charge on any atom is -0.249 e. The van der Waals surface area contributed by atoms with Gasteiger partial charge in [0.15, 0.2) is 0 Å². The Labute approximate surface area is 105 Å². The lowest BCUT2D eigenvalue weighted by Gasteiger charge is -2.10. The van der Waals surface area contributed by atoms with Crippen molar-refractivity contribution in [3.63, 3.8) is 0 Å². The maximum absolute atomic E-state index is 13.7. The summed E-state index contributed by atoms with van der Waals surface area (Å²) in [4.78, 5) is 4.48. The molecule has 0 radical (unpaired) electrons. The highest BCUT2D eigenvalue weighted by Gasteiger charge is 2.17. The Morgan fingerprint density at radius 1 is 1.12 bits per heavy atom. The standard InChI is InChI=1S/C14H13ClFN/c15-13-9-5-2-1-3-8-12(9)17-14-10(13)6-4-7-11(14)16/h4,6-7H,1-3,5,8H2. The topological polar surface area (TPSA) is 12.9 Å². The van der Waals surface area contributed by atoms with Gasteiger partial charge >= 0.3 is 0 Å². The fourth-order valence-electron chi connectivity index (χ4n) is 2.53. The minimum absolute atomic E-state index is 0.281. The molecule has 1 aromatic heterocycles. The van der Waals surface area contributed by atoms with Gasteiger partial charge in [0.25, 0.3) is 0 Å². The summed E-state index contributed by atoms with van der Waals surface area (Å²) in [6.07, 6.45) is 5.35. The monoisotopic (exact) mass is 249 g/mol. The number of aromatic nitrogens is 1. The summed E-state index contributed by atoms with van der Waals surface area (Å²) in [6, 6.07) is 4.97. The summed E-state index contributed by atoms with van der Waals surface area (Å²) in [6.45, 7) is 0. The van der Waals surface area contributed by atoms with Crippen molar-refractivity contribution in [1.82, 2.24) is 4.98 Å². The van der Waals surface area contributed by atoms with E-state index in [1.807, 2.05) is 6.07 Å². The van der Waals surface area contributed by atoms with E-state index in [1.165, 1.54) is 12.5 Å². The molecule has 0 unspecified atom stereocenters. The van der Waals surface area contributed by atoms with Gasteiger partial charge in [-0.1, -0.05) is 30.2 Å². The van der Waals surface area contributed by atoms with Crippen molar-refractivity contribution in [1.29, 1.82) is 0 Å². The van der Waals surface area contributed by atoms with Crippen molar-refractivity contribution in [2.24, 2.45) is 0 Å². The molecule has 0 saturated carbocycles. The van der Waals surface area contributed by atoms with Gasteiger partial charge in [-0.25, -0.2) is 9.37 Å². The van der Waals surface area contributed by atoms with E-state index in [0.29, 0.717) is 10.5 Å². The number of hydrogen-bond donors (Lipinski definition) is 0. The first-order chi connectivity index (χ1) is 8.27. The number of halogens is 2. The normalized spacial score (nSPS) is 15.6. The van der Waals surface area contributed by atoms with Crippen molar-refractivity contribution in [3.8, 4) is 0 Å². The summed E-state index contributed by atoms with van der Waals surface area (Å²) in [7, 11) is 0. The Bertz CT molecular complexity index is 580. The minimum atomic E-state index is -0.281. The van der Waals surface area contributed by atoms with Gasteiger partial charge < -0.3 is 0 Å². The average Bonchev–Trinajstić information content (AvgIpc) is 2.56. The number of benzene rings is 1. The molecule has 1 aliphatic carbocycles. The first-order valence-corrected chi connectivity index (χ1v) is 6.40. The molecule has 0 aliphatic heterocycles. The molecule has 0 amide bonds. The highest BCUT2D eigenvalue weighted by Crippen LogP contribution is 2.32. The molecule has 0 bridgehead atoms. The van der Waals surface area contributed by atoms with Gasteiger partial charge in [0.1, 0.15) is 11.3 Å². The van der Waals surface area contributed by atoms with Crippen LogP contribution in [0.4, 0.5) is 4.39 Å². The van der Waals surface area contributed by atoms with Crippen molar-refractivity contribution < 1.29 is 4.39 Å². The molecule has 88 valence electrons. The Morgan fingerprint density at radius 3 is 2.82 bits per heavy atom. The van der Waals surface area contributed by atoms with Crippen LogP contribution >= 0.6 is 11.6 Å². The van der Waals surface area contributed by atoms with E-state index >= 15 is 0 Å². The fraction of sp³-hybridized carbons (Fsp3) is 0.357. The quantitative estimate of drug-likeness (QED) is 0.635. The molecule has 0 spiro atoms. The van der Waals surface area contributed by atoms with Gasteiger partial charge in [0.05, 0.1) is 5.02 Å². The Morgan fingerprint density at radius 2 is 1.94 bits per heavy atom. The molecule has 0 fully saturated rings. The van der Waals surface area contributed by atoms with Crippen LogP contribution in [0.1, 0.15) is 30.5 Å². The smallest absolute Gasteiger partial charge is 0.149 e. The highest BCUT2D eigenvalue weighted by atomic mass is 35.5. The Kier molecular flexibility index (Phi) is 2.75. The van der Waals surface area contributed by atoms with E-state index in [2.05, 4.69) is 4.98 Å². The maximum atomic E-state index is 13.7. The molecule has 0 saturated heterocycles. The van der Waals surface area contributed by atoms with E-state index in [4.69, 9.17) is 11.6 Å². The van der Waals surface area contributed by atoms with Crippen LogP contribution in [0.2, 0.25) is 5.02 Å². The number of rotatable bonds is 0. The van der Waals surface area contributed by atoms with Crippen molar-refractivity contribution in [2.45, 2.75) is 32.1 Å². The molecule has 1 nitrogen and oxygen atoms in total. The molecule has 3 rings (SSSR count). The molecule has 0 atom stereocenters. The van der Waals surface area contributed by atoms with Gasteiger partial charge in [-0.05, 0) is 37.3 Å². The second kappa shape index (κ2) is 4.26. The summed E-state index contributed by atoms with van der Waals surface area (Å²) in [5.41, 5.74) is 2.53. The molecule has 1 heterocycles. The first-order valence-electron chi connectivity index (χ1n) is 6.03. The largest absolute Gasteiger partial charge is 0.249 e. The SMILES string of the molecule is Fc1cccc2c(Cl)c3c(nc12)CCCCC3. The molecular weight excluding hydrogens is 237 g/mol. The van der Waals surface area contributed by atoms with Gasteiger partial charge in [-0.3, -0.25) is 0 Å². The second-order valence-corrected chi connectivity index (χ2v) is 4.93. The summed E-state index contributed by atoms with van der Waals surface area (Å²) in [5.74, 6) is -0.281. The lowest BCUT2D eigenvalue weighted by atomic mass is 10.0. The van der Waals surface area contributed by atoms with Gasteiger partial charge in [-0.15, -0.1) is 0 Å². The van der Waals surface area contributed by atoms with Gasteiger partial charge in [-0.2, -0.15) is 0 Å². The third-order valence-electron chi connectivity index (χ3n) is 3.42. The Hall–Kier alpha value is -1.15. The predicted octanol–water partition coefficient (Wildman–Crippen LogP) is 4.30. The number of fused-ring (bicyclic) bond motifs is 2. The zero-order chi connectivity index (χ0) is 11.8. The van der Waals surface area contributed by atoms with Crippen LogP contribution in [-0.4, -0.2) is 4.98 Å². The van der Waals surface area contributed by atoms with Crippen LogP contribution in [0.5, 0.6) is 0 Å². The Balaban J connectivity index is 2.33. The molecule has 17 heavy (non-hydrogen) atoms. The van der Waals surface area contributed by atoms with Crippen molar-refractivity contribution >= 4 is 22.5 Å². The summed E-state index contributed by atoms with van der Waals surface area (Å²) < 4.78 is 13.7. The van der Waals surface area contributed by atoms with E-state index in [9.17, 15) is 4.39 Å². The third kappa shape index (κ3) is 1.81. The van der Waals surface area contributed by atoms with Crippen LogP contribution in [0.3, 0.4) is 0 Å². The third-order valence-corrected chi connectivity index (χ3v) is 3.86. The molecule has 2 aromatic rings. The highest BCUT2D eigenvalue weighted by molar-refractivity contribution is 6.36. The second-order valence-electron chi connectivity index (χ2n) is 4.55. The van der Waals surface area contributed by atoms with Crippen molar-refractivity contribution in [2.75, 3.05) is 0 Å². The van der Waals surface area contributed by atoms with Gasteiger partial charge in [0, 0.05) is 11.1 Å². The van der Waals surface area contributed by atoms with Crippen molar-refractivity contribution in [3.05, 3.63) is 40.3 Å². The summed E-state index contributed by atoms with van der Waals surface area (Å²) in [5, 5.41) is 1.44. The molecule has 0 N–H and O–H groups in total. The lowest BCUT2D eigenvalue weighted by Crippen LogP contribution is -1.99. The zero-order valence-electron chi connectivity index (χ0n) is 9.47.